The molecular weight excluding hydrogens is 516 g/mol. The zero-order valence-corrected chi connectivity index (χ0v) is 20.5. The molecule has 0 unspecified atom stereocenters. The van der Waals surface area contributed by atoms with Crippen LogP contribution in [-0.2, 0) is 4.79 Å². The van der Waals surface area contributed by atoms with Crippen molar-refractivity contribution < 1.29 is 13.9 Å². The molecule has 0 bridgehead atoms. The van der Waals surface area contributed by atoms with Crippen LogP contribution in [-0.4, -0.2) is 26.8 Å². The summed E-state index contributed by atoms with van der Waals surface area (Å²) in [6.45, 7) is 5.23. The number of nitrogens with zero attached hydrogens (tertiary/aromatic N) is 4. The third-order valence-electron chi connectivity index (χ3n) is 5.18. The lowest BCUT2D eigenvalue weighted by molar-refractivity contribution is -0.118. The second-order valence-electron chi connectivity index (χ2n) is 7.43. The van der Waals surface area contributed by atoms with Crippen LogP contribution in [0.25, 0.3) is 22.6 Å². The largest absolute Gasteiger partial charge is 0.455 e. The van der Waals surface area contributed by atoms with Gasteiger partial charge in [0, 0.05) is 28.3 Å². The molecule has 2 aromatic carbocycles. The summed E-state index contributed by atoms with van der Waals surface area (Å²) in [6, 6.07) is 18.9. The van der Waals surface area contributed by atoms with Crippen molar-refractivity contribution in [3.8, 4) is 28.5 Å². The Labute approximate surface area is 209 Å². The van der Waals surface area contributed by atoms with E-state index in [1.165, 1.54) is 18.7 Å². The van der Waals surface area contributed by atoms with E-state index in [1.807, 2.05) is 60.7 Å². The van der Waals surface area contributed by atoms with Crippen molar-refractivity contribution in [2.24, 2.45) is 0 Å². The molecule has 1 aliphatic heterocycles. The molecule has 0 spiro atoms. The summed E-state index contributed by atoms with van der Waals surface area (Å²) < 4.78 is 13.5. The summed E-state index contributed by atoms with van der Waals surface area (Å²) in [4.78, 5) is 19.0. The number of benzene rings is 2. The smallest absolute Gasteiger partial charge is 0.247 e. The fraction of sp³-hybridized carbons (Fsp3) is 0.120. The van der Waals surface area contributed by atoms with Crippen molar-refractivity contribution in [2.45, 2.75) is 18.3 Å². The van der Waals surface area contributed by atoms with Crippen molar-refractivity contribution in [2.75, 3.05) is 10.7 Å². The zero-order chi connectivity index (χ0) is 23.7. The Hall–Kier alpha value is -3.43. The first-order valence-electron chi connectivity index (χ1n) is 10.4. The topological polar surface area (TPSA) is 81.3 Å². The second kappa shape index (κ2) is 9.44. The maximum absolute atomic E-state index is 12.9. The Morgan fingerprint density at radius 1 is 1.15 bits per heavy atom. The lowest BCUT2D eigenvalue weighted by atomic mass is 10.1. The molecular formula is C25H19BrN4O3S. The Bertz CT molecular complexity index is 1370. The van der Waals surface area contributed by atoms with Gasteiger partial charge < -0.3 is 9.15 Å². The summed E-state index contributed by atoms with van der Waals surface area (Å²) in [5.41, 5.74) is 2.72. The first-order valence-corrected chi connectivity index (χ1v) is 12.2. The minimum atomic E-state index is -0.877. The van der Waals surface area contributed by atoms with E-state index in [0.717, 1.165) is 10.0 Å². The number of ether oxygens (including phenoxy) is 1. The number of amides is 1. The first kappa shape index (κ1) is 22.4. The number of anilines is 1. The summed E-state index contributed by atoms with van der Waals surface area (Å²) in [7, 11) is 0. The summed E-state index contributed by atoms with van der Waals surface area (Å²) in [5.74, 6) is 1.84. The van der Waals surface area contributed by atoms with E-state index >= 15 is 0 Å². The van der Waals surface area contributed by atoms with E-state index in [9.17, 15) is 4.79 Å². The monoisotopic (exact) mass is 534 g/mol. The van der Waals surface area contributed by atoms with Crippen molar-refractivity contribution in [1.29, 1.82) is 0 Å². The van der Waals surface area contributed by atoms with Crippen molar-refractivity contribution in [1.82, 2.24) is 15.2 Å². The van der Waals surface area contributed by atoms with Crippen molar-refractivity contribution in [3.05, 3.63) is 83.6 Å². The molecule has 0 saturated heterocycles. The SMILES string of the molecule is C=CCSc1nnc2c(n1)O[C@@H](c1ccc(-c3ccc(Br)cc3)o1)N(C(C)=O)c1ccccc1-2. The quantitative estimate of drug-likeness (QED) is 0.220. The molecule has 1 amide bonds. The van der Waals surface area contributed by atoms with Gasteiger partial charge >= 0.3 is 0 Å². The number of carbonyl (C=O) groups excluding carboxylic acids is 1. The van der Waals surface area contributed by atoms with Crippen LogP contribution in [0.4, 0.5) is 5.69 Å². The number of thioether (sulfide) groups is 1. The zero-order valence-electron chi connectivity index (χ0n) is 18.1. The predicted octanol–water partition coefficient (Wildman–Crippen LogP) is 6.28. The van der Waals surface area contributed by atoms with E-state index in [2.05, 4.69) is 37.7 Å². The number of para-hydroxylation sites is 1. The van der Waals surface area contributed by atoms with Crippen LogP contribution in [0.1, 0.15) is 18.9 Å². The van der Waals surface area contributed by atoms with Gasteiger partial charge in [-0.2, -0.15) is 4.98 Å². The minimum Gasteiger partial charge on any atom is -0.455 e. The highest BCUT2D eigenvalue weighted by Crippen LogP contribution is 2.44. The normalized spacial score (nSPS) is 14.5. The highest BCUT2D eigenvalue weighted by atomic mass is 79.9. The highest BCUT2D eigenvalue weighted by Gasteiger charge is 2.36. The van der Waals surface area contributed by atoms with Gasteiger partial charge in [-0.05, 0) is 30.3 Å². The van der Waals surface area contributed by atoms with Gasteiger partial charge in [-0.1, -0.05) is 64.1 Å². The molecule has 1 aliphatic rings. The van der Waals surface area contributed by atoms with Gasteiger partial charge in [0.05, 0.1) is 5.69 Å². The third kappa shape index (κ3) is 4.24. The van der Waals surface area contributed by atoms with E-state index in [0.29, 0.717) is 39.4 Å². The Morgan fingerprint density at radius 2 is 1.94 bits per heavy atom. The highest BCUT2D eigenvalue weighted by molar-refractivity contribution is 9.10. The summed E-state index contributed by atoms with van der Waals surface area (Å²) in [6.07, 6.45) is 0.890. The molecule has 0 fully saturated rings. The average molecular weight is 535 g/mol. The van der Waals surface area contributed by atoms with Gasteiger partial charge in [0.25, 0.3) is 0 Å². The van der Waals surface area contributed by atoms with Crippen LogP contribution in [0.3, 0.4) is 0 Å². The molecule has 0 saturated carbocycles. The standard InChI is InChI=1S/C25H19BrN4O3S/c1-3-14-34-25-27-23-22(28-29-25)18-6-4-5-7-19(18)30(15(2)31)24(33-23)21-13-12-20(32-21)16-8-10-17(26)11-9-16/h3-13,24H,1,14H2,2H3/t24-/m0/s1. The fourth-order valence-corrected chi connectivity index (χ4v) is 4.46. The number of carbonyl (C=O) groups is 1. The number of hydrogen-bond acceptors (Lipinski definition) is 7. The average Bonchev–Trinajstić information content (AvgIpc) is 3.28. The lowest BCUT2D eigenvalue weighted by Crippen LogP contribution is -2.35. The van der Waals surface area contributed by atoms with E-state index in [4.69, 9.17) is 9.15 Å². The van der Waals surface area contributed by atoms with Crippen LogP contribution in [0, 0.1) is 0 Å². The van der Waals surface area contributed by atoms with Gasteiger partial charge in [-0.15, -0.1) is 16.8 Å². The van der Waals surface area contributed by atoms with Crippen LogP contribution < -0.4 is 9.64 Å². The van der Waals surface area contributed by atoms with E-state index < -0.39 is 6.23 Å². The Morgan fingerprint density at radius 3 is 2.71 bits per heavy atom. The Kier molecular flexibility index (Phi) is 6.21. The molecule has 4 aromatic rings. The minimum absolute atomic E-state index is 0.207. The molecule has 34 heavy (non-hydrogen) atoms. The van der Waals surface area contributed by atoms with Gasteiger partial charge in [0.15, 0.2) is 11.5 Å². The van der Waals surface area contributed by atoms with Crippen LogP contribution >= 0.6 is 27.7 Å². The van der Waals surface area contributed by atoms with Crippen LogP contribution in [0.5, 0.6) is 5.88 Å². The molecule has 7 nitrogen and oxygen atoms in total. The summed E-state index contributed by atoms with van der Waals surface area (Å²) >= 11 is 4.85. The van der Waals surface area contributed by atoms with Crippen molar-refractivity contribution >= 4 is 39.3 Å². The summed E-state index contributed by atoms with van der Waals surface area (Å²) in [5, 5.41) is 9.08. The number of furan rings is 1. The van der Waals surface area contributed by atoms with Gasteiger partial charge in [-0.25, -0.2) is 0 Å². The number of hydrogen-bond donors (Lipinski definition) is 0. The van der Waals surface area contributed by atoms with E-state index in [-0.39, 0.29) is 11.8 Å². The molecule has 170 valence electrons. The second-order valence-corrected chi connectivity index (χ2v) is 9.34. The predicted molar refractivity (Wildman–Crippen MR) is 135 cm³/mol. The van der Waals surface area contributed by atoms with Crippen molar-refractivity contribution in [3.63, 3.8) is 0 Å². The molecule has 0 aliphatic carbocycles. The van der Waals surface area contributed by atoms with Gasteiger partial charge in [-0.3, -0.25) is 9.69 Å². The van der Waals surface area contributed by atoms with Gasteiger partial charge in [0.2, 0.25) is 23.2 Å². The number of rotatable bonds is 5. The van der Waals surface area contributed by atoms with Crippen LogP contribution in [0.2, 0.25) is 0 Å². The molecule has 3 heterocycles. The lowest BCUT2D eigenvalue weighted by Gasteiger charge is -2.28. The number of halogens is 1. The number of fused-ring (bicyclic) bond motifs is 3. The van der Waals surface area contributed by atoms with E-state index in [1.54, 1.807) is 11.0 Å². The molecule has 0 radical (unpaired) electrons. The van der Waals surface area contributed by atoms with Crippen LogP contribution in [0.15, 0.2) is 87.4 Å². The molecule has 1 atom stereocenters. The molecule has 9 heteroatoms. The maximum atomic E-state index is 12.9. The Balaban J connectivity index is 1.63. The fourth-order valence-electron chi connectivity index (χ4n) is 3.69. The van der Waals surface area contributed by atoms with Gasteiger partial charge in [0.1, 0.15) is 5.76 Å². The maximum Gasteiger partial charge on any atom is 0.247 e. The number of aromatic nitrogens is 3. The molecule has 5 rings (SSSR count). The third-order valence-corrected chi connectivity index (χ3v) is 6.54. The molecule has 2 aromatic heterocycles. The first-order chi connectivity index (χ1) is 16.5. The molecule has 0 N–H and O–H groups in total.